The third-order valence-corrected chi connectivity index (χ3v) is 3.34. The first-order valence-electron chi connectivity index (χ1n) is 7.27. The van der Waals surface area contributed by atoms with Gasteiger partial charge in [0.1, 0.15) is 17.5 Å². The molecule has 0 spiro atoms. The summed E-state index contributed by atoms with van der Waals surface area (Å²) in [5.41, 5.74) is 1.83. The van der Waals surface area contributed by atoms with Crippen LogP contribution in [0.5, 0.6) is 0 Å². The number of nitrogens with zero attached hydrogens (tertiary/aromatic N) is 3. The van der Waals surface area contributed by atoms with Gasteiger partial charge in [0.15, 0.2) is 0 Å². The lowest BCUT2D eigenvalue weighted by Gasteiger charge is -2.12. The first kappa shape index (κ1) is 15.5. The molecule has 0 saturated heterocycles. The van der Waals surface area contributed by atoms with Gasteiger partial charge in [-0.2, -0.15) is 0 Å². The van der Waals surface area contributed by atoms with Gasteiger partial charge in [-0.05, 0) is 6.07 Å². The lowest BCUT2D eigenvalue weighted by atomic mass is 10.2. The van der Waals surface area contributed by atoms with Gasteiger partial charge in [0, 0.05) is 54.2 Å². The molecule has 3 aromatic rings. The molecular weight excluding hydrogens is 307 g/mol. The number of hydrogen-bond acceptors (Lipinski definition) is 6. The molecule has 0 aliphatic heterocycles. The van der Waals surface area contributed by atoms with Crippen LogP contribution in [0.15, 0.2) is 55.1 Å². The minimum Gasteiger partial charge on any atom is -0.380 e. The second kappa shape index (κ2) is 7.28. The van der Waals surface area contributed by atoms with E-state index in [0.29, 0.717) is 35.0 Å². The average Bonchev–Trinajstić information content (AvgIpc) is 2.62. The number of rotatable bonds is 6. The first-order valence-corrected chi connectivity index (χ1v) is 7.27. The Balaban J connectivity index is 1.79. The molecule has 2 aromatic heterocycles. The Morgan fingerprint density at radius 3 is 2.71 bits per heavy atom. The minimum absolute atomic E-state index is 0.270. The molecule has 6 nitrogen and oxygen atoms in total. The molecule has 0 bridgehead atoms. The van der Waals surface area contributed by atoms with Gasteiger partial charge in [0.05, 0.1) is 6.20 Å². The van der Waals surface area contributed by atoms with Crippen molar-refractivity contribution in [3.63, 3.8) is 0 Å². The molecular formula is C17H15FN6. The fraction of sp³-hybridized carbons (Fsp3) is 0.0588. The van der Waals surface area contributed by atoms with E-state index in [-0.39, 0.29) is 5.82 Å². The van der Waals surface area contributed by atoms with E-state index in [0.717, 1.165) is 0 Å². The van der Waals surface area contributed by atoms with Gasteiger partial charge in [-0.25, -0.2) is 14.4 Å². The fourth-order valence-electron chi connectivity index (χ4n) is 2.13. The third-order valence-electron chi connectivity index (χ3n) is 3.34. The summed E-state index contributed by atoms with van der Waals surface area (Å²) in [5.74, 6) is 0.846. The lowest BCUT2D eigenvalue weighted by molar-refractivity contribution is 0.613. The SMILES string of the molecule is N=Cc1cnc(Nc2cnccn2)cc1NCc1ccccc1F. The maximum Gasteiger partial charge on any atom is 0.150 e. The molecule has 0 saturated carbocycles. The highest BCUT2D eigenvalue weighted by atomic mass is 19.1. The number of pyridine rings is 1. The largest absolute Gasteiger partial charge is 0.380 e. The molecule has 0 unspecified atom stereocenters. The van der Waals surface area contributed by atoms with Gasteiger partial charge in [0.25, 0.3) is 0 Å². The zero-order valence-corrected chi connectivity index (χ0v) is 12.7. The van der Waals surface area contributed by atoms with E-state index >= 15 is 0 Å². The molecule has 0 fully saturated rings. The zero-order chi connectivity index (χ0) is 16.8. The maximum absolute atomic E-state index is 13.7. The number of nitrogens with one attached hydrogen (secondary N) is 3. The minimum atomic E-state index is -0.270. The second-order valence-corrected chi connectivity index (χ2v) is 4.96. The van der Waals surface area contributed by atoms with Crippen LogP contribution in [0, 0.1) is 11.2 Å². The molecule has 0 aliphatic carbocycles. The molecule has 0 aliphatic rings. The lowest BCUT2D eigenvalue weighted by Crippen LogP contribution is -2.06. The Morgan fingerprint density at radius 1 is 1.08 bits per heavy atom. The molecule has 7 heteroatoms. The Hall–Kier alpha value is -3.35. The maximum atomic E-state index is 13.7. The van der Waals surface area contributed by atoms with Crippen LogP contribution in [-0.4, -0.2) is 21.2 Å². The standard InChI is InChI=1S/C17H15FN6/c18-14-4-2-1-3-12(14)9-22-15-7-16(23-10-13(15)8-19)24-17-11-20-5-6-21-17/h1-8,10-11,19H,9H2,(H2,21,22,23,24). The summed E-state index contributed by atoms with van der Waals surface area (Å²) in [4.78, 5) is 12.3. The predicted molar refractivity (Wildman–Crippen MR) is 91.2 cm³/mol. The van der Waals surface area contributed by atoms with E-state index in [4.69, 9.17) is 5.41 Å². The highest BCUT2D eigenvalue weighted by molar-refractivity contribution is 5.86. The van der Waals surface area contributed by atoms with Crippen LogP contribution < -0.4 is 10.6 Å². The van der Waals surface area contributed by atoms with Crippen molar-refractivity contribution in [2.45, 2.75) is 6.54 Å². The number of anilines is 3. The van der Waals surface area contributed by atoms with Crippen LogP contribution in [0.2, 0.25) is 0 Å². The first-order chi connectivity index (χ1) is 11.8. The van der Waals surface area contributed by atoms with Crippen molar-refractivity contribution in [3.8, 4) is 0 Å². The molecule has 3 rings (SSSR count). The highest BCUT2D eigenvalue weighted by Crippen LogP contribution is 2.20. The Morgan fingerprint density at radius 2 is 1.96 bits per heavy atom. The summed E-state index contributed by atoms with van der Waals surface area (Å²) in [6, 6.07) is 8.31. The van der Waals surface area contributed by atoms with Crippen LogP contribution >= 0.6 is 0 Å². The molecule has 0 radical (unpaired) electrons. The van der Waals surface area contributed by atoms with Gasteiger partial charge in [-0.3, -0.25) is 4.98 Å². The summed E-state index contributed by atoms with van der Waals surface area (Å²) >= 11 is 0. The van der Waals surface area contributed by atoms with Crippen LogP contribution in [-0.2, 0) is 6.54 Å². The van der Waals surface area contributed by atoms with Crippen molar-refractivity contribution in [2.24, 2.45) is 0 Å². The molecule has 3 N–H and O–H groups in total. The summed E-state index contributed by atoms with van der Waals surface area (Å²) in [6.45, 7) is 0.308. The van der Waals surface area contributed by atoms with Gasteiger partial charge < -0.3 is 16.0 Å². The smallest absolute Gasteiger partial charge is 0.150 e. The predicted octanol–water partition coefficient (Wildman–Crippen LogP) is 3.36. The molecule has 1 aromatic carbocycles. The van der Waals surface area contributed by atoms with E-state index in [1.165, 1.54) is 12.3 Å². The van der Waals surface area contributed by atoms with Gasteiger partial charge in [-0.1, -0.05) is 18.2 Å². The average molecular weight is 322 g/mol. The second-order valence-electron chi connectivity index (χ2n) is 4.96. The topological polar surface area (TPSA) is 86.6 Å². The summed E-state index contributed by atoms with van der Waals surface area (Å²) < 4.78 is 13.7. The van der Waals surface area contributed by atoms with Crippen LogP contribution in [0.3, 0.4) is 0 Å². The van der Waals surface area contributed by atoms with Crippen molar-refractivity contribution in [1.82, 2.24) is 15.0 Å². The van der Waals surface area contributed by atoms with Gasteiger partial charge in [-0.15, -0.1) is 0 Å². The van der Waals surface area contributed by atoms with E-state index in [1.54, 1.807) is 49.1 Å². The van der Waals surface area contributed by atoms with Crippen molar-refractivity contribution in [1.29, 1.82) is 5.41 Å². The Bertz CT molecular complexity index is 837. The van der Waals surface area contributed by atoms with Crippen LogP contribution in [0.1, 0.15) is 11.1 Å². The summed E-state index contributed by atoms with van der Waals surface area (Å²) in [5, 5.41) is 13.7. The molecule has 0 atom stereocenters. The summed E-state index contributed by atoms with van der Waals surface area (Å²) in [7, 11) is 0. The van der Waals surface area contributed by atoms with Crippen LogP contribution in [0.25, 0.3) is 0 Å². The van der Waals surface area contributed by atoms with E-state index < -0.39 is 0 Å². The molecule has 24 heavy (non-hydrogen) atoms. The van der Waals surface area contributed by atoms with Gasteiger partial charge >= 0.3 is 0 Å². The van der Waals surface area contributed by atoms with E-state index in [2.05, 4.69) is 25.6 Å². The summed E-state index contributed by atoms with van der Waals surface area (Å²) in [6.07, 6.45) is 7.50. The Kier molecular flexibility index (Phi) is 4.71. The zero-order valence-electron chi connectivity index (χ0n) is 12.7. The van der Waals surface area contributed by atoms with Crippen molar-refractivity contribution < 1.29 is 4.39 Å². The van der Waals surface area contributed by atoms with Gasteiger partial charge in [0.2, 0.25) is 0 Å². The number of benzene rings is 1. The quantitative estimate of drug-likeness (QED) is 0.606. The van der Waals surface area contributed by atoms with Crippen LogP contribution in [0.4, 0.5) is 21.7 Å². The van der Waals surface area contributed by atoms with Crippen molar-refractivity contribution in [2.75, 3.05) is 10.6 Å². The van der Waals surface area contributed by atoms with Crippen molar-refractivity contribution in [3.05, 3.63) is 72.1 Å². The number of hydrogen-bond donors (Lipinski definition) is 3. The molecule has 2 heterocycles. The molecule has 120 valence electrons. The van der Waals surface area contributed by atoms with E-state index in [1.807, 2.05) is 0 Å². The monoisotopic (exact) mass is 322 g/mol. The number of halogens is 1. The Labute approximate surface area is 138 Å². The molecule has 0 amide bonds. The highest BCUT2D eigenvalue weighted by Gasteiger charge is 2.06. The number of aromatic nitrogens is 3. The third kappa shape index (κ3) is 3.70. The fourth-order valence-corrected chi connectivity index (χ4v) is 2.13. The van der Waals surface area contributed by atoms with E-state index in [9.17, 15) is 4.39 Å². The normalized spacial score (nSPS) is 10.2. The van der Waals surface area contributed by atoms with Crippen molar-refractivity contribution >= 4 is 23.5 Å².